The summed E-state index contributed by atoms with van der Waals surface area (Å²) in [6.07, 6.45) is 3.88. The molecule has 0 radical (unpaired) electrons. The van der Waals surface area contributed by atoms with Crippen molar-refractivity contribution in [3.8, 4) is 5.75 Å². The molecule has 0 saturated carbocycles. The summed E-state index contributed by atoms with van der Waals surface area (Å²) in [5.41, 5.74) is 3.81. The predicted molar refractivity (Wildman–Crippen MR) is 118 cm³/mol. The third-order valence-electron chi connectivity index (χ3n) is 4.87. The molecule has 150 valence electrons. The molecule has 1 atom stereocenters. The average molecular weight is 426 g/mol. The number of nitrogens with one attached hydrogen (secondary N) is 1. The molecule has 0 spiro atoms. The van der Waals surface area contributed by atoms with E-state index in [4.69, 9.17) is 4.74 Å². The Bertz CT molecular complexity index is 975. The maximum absolute atomic E-state index is 12.6. The minimum Gasteiger partial charge on any atom is -0.481 e. The van der Waals surface area contributed by atoms with Crippen LogP contribution >= 0.6 is 23.1 Å². The van der Waals surface area contributed by atoms with Crippen LogP contribution in [0.4, 0.5) is 5.13 Å². The number of carbonyl (C=O) groups excluding carboxylic acids is 1. The number of nitrogens with zero attached hydrogens (tertiary/aromatic N) is 2. The first-order valence-corrected chi connectivity index (χ1v) is 11.6. The van der Waals surface area contributed by atoms with Crippen LogP contribution in [0.25, 0.3) is 0 Å². The van der Waals surface area contributed by atoms with Gasteiger partial charge >= 0.3 is 0 Å². The van der Waals surface area contributed by atoms with Crippen LogP contribution in [0.1, 0.15) is 36.5 Å². The lowest BCUT2D eigenvalue weighted by atomic mass is 9.91. The van der Waals surface area contributed by atoms with Gasteiger partial charge in [-0.15, -0.1) is 10.2 Å². The van der Waals surface area contributed by atoms with Crippen LogP contribution in [0, 0.1) is 0 Å². The molecule has 1 N–H and O–H groups in total. The molecule has 0 fully saturated rings. The second-order valence-corrected chi connectivity index (χ2v) is 9.20. The van der Waals surface area contributed by atoms with Gasteiger partial charge in [-0.3, -0.25) is 10.1 Å². The van der Waals surface area contributed by atoms with E-state index in [1.807, 2.05) is 30.3 Å². The zero-order valence-electron chi connectivity index (χ0n) is 16.3. The lowest BCUT2D eigenvalue weighted by Crippen LogP contribution is -2.30. The number of ether oxygens (including phenoxy) is 1. The first-order valence-electron chi connectivity index (χ1n) is 9.77. The molecule has 0 unspecified atom stereocenters. The van der Waals surface area contributed by atoms with Crippen molar-refractivity contribution < 1.29 is 9.53 Å². The zero-order valence-corrected chi connectivity index (χ0v) is 17.9. The summed E-state index contributed by atoms with van der Waals surface area (Å²) in [4.78, 5) is 12.6. The van der Waals surface area contributed by atoms with E-state index in [9.17, 15) is 4.79 Å². The Balaban J connectivity index is 1.33. The molecule has 0 bridgehead atoms. The molecule has 0 saturated heterocycles. The van der Waals surface area contributed by atoms with Gasteiger partial charge in [0.05, 0.1) is 0 Å². The van der Waals surface area contributed by atoms with Crippen LogP contribution in [0.5, 0.6) is 5.75 Å². The zero-order chi connectivity index (χ0) is 20.1. The SMILES string of the molecule is C[C@@H](Oc1cccc2c1CCCC2)C(=O)Nc1nnc(SCc2ccccc2)s1. The van der Waals surface area contributed by atoms with Gasteiger partial charge in [0, 0.05) is 5.75 Å². The van der Waals surface area contributed by atoms with Crippen molar-refractivity contribution in [2.45, 2.75) is 48.8 Å². The number of anilines is 1. The fraction of sp³-hybridized carbons (Fsp3) is 0.318. The van der Waals surface area contributed by atoms with Crippen molar-refractivity contribution in [3.05, 3.63) is 65.2 Å². The molecular weight excluding hydrogens is 402 g/mol. The summed E-state index contributed by atoms with van der Waals surface area (Å²) in [7, 11) is 0. The summed E-state index contributed by atoms with van der Waals surface area (Å²) in [5.74, 6) is 1.43. The standard InChI is InChI=1S/C22H23N3O2S2/c1-15(27-19-13-7-11-17-10-5-6-12-18(17)19)20(26)23-21-24-25-22(29-21)28-14-16-8-3-2-4-9-16/h2-4,7-9,11,13,15H,5-6,10,12,14H2,1H3,(H,23,24,26)/t15-/m1/s1. The summed E-state index contributed by atoms with van der Waals surface area (Å²) >= 11 is 2.99. The Kier molecular flexibility index (Phi) is 6.46. The molecule has 1 aliphatic carbocycles. The predicted octanol–water partition coefficient (Wildman–Crippen LogP) is 5.12. The van der Waals surface area contributed by atoms with E-state index in [0.29, 0.717) is 5.13 Å². The lowest BCUT2D eigenvalue weighted by molar-refractivity contribution is -0.122. The first kappa shape index (κ1) is 19.9. The molecule has 1 heterocycles. The Morgan fingerprint density at radius 3 is 2.83 bits per heavy atom. The Morgan fingerprint density at radius 2 is 1.97 bits per heavy atom. The van der Waals surface area contributed by atoms with Gasteiger partial charge < -0.3 is 4.74 Å². The molecule has 0 aliphatic heterocycles. The van der Waals surface area contributed by atoms with E-state index in [-0.39, 0.29) is 5.91 Å². The Hall–Kier alpha value is -2.38. The van der Waals surface area contributed by atoms with Gasteiger partial charge in [-0.25, -0.2) is 0 Å². The monoisotopic (exact) mass is 425 g/mol. The van der Waals surface area contributed by atoms with Gasteiger partial charge in [0.2, 0.25) is 5.13 Å². The van der Waals surface area contributed by atoms with Crippen molar-refractivity contribution in [2.75, 3.05) is 5.32 Å². The van der Waals surface area contributed by atoms with Gasteiger partial charge in [0.25, 0.3) is 5.91 Å². The van der Waals surface area contributed by atoms with Crippen molar-refractivity contribution >= 4 is 34.1 Å². The molecule has 4 rings (SSSR count). The Labute approximate surface area is 178 Å². The molecule has 3 aromatic rings. The number of amides is 1. The number of thioether (sulfide) groups is 1. The van der Waals surface area contributed by atoms with E-state index < -0.39 is 6.10 Å². The summed E-state index contributed by atoms with van der Waals surface area (Å²) in [6.45, 7) is 1.77. The second kappa shape index (κ2) is 9.41. The van der Waals surface area contributed by atoms with Crippen molar-refractivity contribution in [1.82, 2.24) is 10.2 Å². The van der Waals surface area contributed by atoms with E-state index in [0.717, 1.165) is 28.7 Å². The van der Waals surface area contributed by atoms with Gasteiger partial charge in [-0.2, -0.15) is 0 Å². The van der Waals surface area contributed by atoms with E-state index in [1.165, 1.54) is 40.9 Å². The molecule has 1 aromatic heterocycles. The minimum absolute atomic E-state index is 0.214. The molecule has 29 heavy (non-hydrogen) atoms. The number of fused-ring (bicyclic) bond motifs is 1. The van der Waals surface area contributed by atoms with Crippen LogP contribution in [-0.4, -0.2) is 22.2 Å². The highest BCUT2D eigenvalue weighted by Crippen LogP contribution is 2.31. The number of benzene rings is 2. The quantitative estimate of drug-likeness (QED) is 0.421. The maximum atomic E-state index is 12.6. The molecule has 1 amide bonds. The van der Waals surface area contributed by atoms with Gasteiger partial charge in [0.15, 0.2) is 10.4 Å². The summed E-state index contributed by atoms with van der Waals surface area (Å²) in [6, 6.07) is 16.3. The van der Waals surface area contributed by atoms with Crippen LogP contribution in [0.15, 0.2) is 52.9 Å². The van der Waals surface area contributed by atoms with Crippen molar-refractivity contribution in [3.63, 3.8) is 0 Å². The smallest absolute Gasteiger partial charge is 0.266 e. The molecular formula is C22H23N3O2S2. The topological polar surface area (TPSA) is 64.1 Å². The number of carbonyl (C=O) groups is 1. The lowest BCUT2D eigenvalue weighted by Gasteiger charge is -2.21. The number of aromatic nitrogens is 2. The fourth-order valence-corrected chi connectivity index (χ4v) is 5.06. The first-order chi connectivity index (χ1) is 14.2. The van der Waals surface area contributed by atoms with Crippen LogP contribution in [-0.2, 0) is 23.4 Å². The van der Waals surface area contributed by atoms with Gasteiger partial charge in [-0.05, 0) is 55.4 Å². The maximum Gasteiger partial charge on any atom is 0.266 e. The highest BCUT2D eigenvalue weighted by Gasteiger charge is 2.20. The normalized spacial score (nSPS) is 14.1. The number of aryl methyl sites for hydroxylation is 1. The van der Waals surface area contributed by atoms with E-state index in [1.54, 1.807) is 18.7 Å². The molecule has 2 aromatic carbocycles. The molecule has 5 nitrogen and oxygen atoms in total. The molecule has 7 heteroatoms. The minimum atomic E-state index is -0.604. The average Bonchev–Trinajstić information content (AvgIpc) is 3.20. The van der Waals surface area contributed by atoms with Crippen LogP contribution in [0.2, 0.25) is 0 Å². The van der Waals surface area contributed by atoms with Crippen LogP contribution in [0.3, 0.4) is 0 Å². The largest absolute Gasteiger partial charge is 0.481 e. The highest BCUT2D eigenvalue weighted by molar-refractivity contribution is 8.00. The number of hydrogen-bond acceptors (Lipinski definition) is 6. The number of hydrogen-bond donors (Lipinski definition) is 1. The third kappa shape index (κ3) is 5.16. The second-order valence-electron chi connectivity index (χ2n) is 7.00. The van der Waals surface area contributed by atoms with Crippen molar-refractivity contribution in [1.29, 1.82) is 0 Å². The summed E-state index contributed by atoms with van der Waals surface area (Å²) < 4.78 is 6.83. The third-order valence-corrected chi connectivity index (χ3v) is 6.91. The fourth-order valence-electron chi connectivity index (χ4n) is 3.35. The van der Waals surface area contributed by atoms with E-state index in [2.05, 4.69) is 33.7 Å². The highest BCUT2D eigenvalue weighted by atomic mass is 32.2. The van der Waals surface area contributed by atoms with Gasteiger partial charge in [-0.1, -0.05) is 65.6 Å². The van der Waals surface area contributed by atoms with Gasteiger partial charge in [0.1, 0.15) is 5.75 Å². The Morgan fingerprint density at radius 1 is 1.14 bits per heavy atom. The number of rotatable bonds is 7. The molecule has 1 aliphatic rings. The van der Waals surface area contributed by atoms with E-state index >= 15 is 0 Å². The van der Waals surface area contributed by atoms with Crippen molar-refractivity contribution in [2.24, 2.45) is 0 Å². The van der Waals surface area contributed by atoms with Crippen LogP contribution < -0.4 is 10.1 Å². The summed E-state index contributed by atoms with van der Waals surface area (Å²) in [5, 5.41) is 11.6.